The van der Waals surface area contributed by atoms with Gasteiger partial charge in [-0.15, -0.1) is 0 Å². The molecule has 0 aliphatic rings. The van der Waals surface area contributed by atoms with Crippen molar-refractivity contribution in [3.05, 3.63) is 72.8 Å². The lowest BCUT2D eigenvalue weighted by atomic mass is 10.3. The molecule has 0 fully saturated rings. The number of carbonyl (C=O) groups is 1. The Bertz CT molecular complexity index is 701. The molecule has 0 aliphatic heterocycles. The summed E-state index contributed by atoms with van der Waals surface area (Å²) in [5, 5.41) is 23.1. The molecule has 0 bridgehead atoms. The van der Waals surface area contributed by atoms with E-state index in [0.717, 1.165) is 11.5 Å². The van der Waals surface area contributed by atoms with Gasteiger partial charge < -0.3 is 20.1 Å². The maximum atomic E-state index is 9.60. The van der Waals surface area contributed by atoms with E-state index in [9.17, 15) is 4.79 Å². The predicted molar refractivity (Wildman–Crippen MR) is 104 cm³/mol. The number of benzene rings is 2. The third kappa shape index (κ3) is 23.2. The van der Waals surface area contributed by atoms with Gasteiger partial charge >= 0.3 is 16.4 Å². The van der Waals surface area contributed by atoms with Gasteiger partial charge in [0.05, 0.1) is 13.2 Å². The SMILES string of the molecule is C=C(C)C(=O)O.O=S(=O)(O)O.OCCO.c1ccc(Oc2ccccc2)cc1. The van der Waals surface area contributed by atoms with Crippen LogP contribution in [0.3, 0.4) is 0 Å². The number of hydrogen-bond acceptors (Lipinski definition) is 6. The smallest absolute Gasteiger partial charge is 0.394 e. The normalized spacial score (nSPS) is 9.18. The van der Waals surface area contributed by atoms with E-state index in [2.05, 4.69) is 6.58 Å². The van der Waals surface area contributed by atoms with Crippen LogP contribution in [0.5, 0.6) is 11.5 Å². The minimum Gasteiger partial charge on any atom is -0.478 e. The molecule has 0 saturated heterocycles. The largest absolute Gasteiger partial charge is 0.478 e. The lowest BCUT2D eigenvalue weighted by Crippen LogP contribution is -1.92. The molecule has 10 heteroatoms. The molecule has 156 valence electrons. The zero-order chi connectivity index (χ0) is 22.0. The van der Waals surface area contributed by atoms with Crippen LogP contribution in [0, 0.1) is 0 Å². The van der Waals surface area contributed by atoms with Gasteiger partial charge in [-0.05, 0) is 31.2 Å². The zero-order valence-corrected chi connectivity index (χ0v) is 16.0. The zero-order valence-electron chi connectivity index (χ0n) is 15.2. The molecular formula is C18H24O9S. The molecule has 0 aliphatic carbocycles. The molecule has 0 saturated carbocycles. The lowest BCUT2D eigenvalue weighted by Gasteiger charge is -2.03. The molecule has 0 amide bonds. The minimum absolute atomic E-state index is 0.125. The van der Waals surface area contributed by atoms with E-state index in [1.807, 2.05) is 60.7 Å². The fraction of sp³-hybridized carbons (Fsp3) is 0.167. The highest BCUT2D eigenvalue weighted by Crippen LogP contribution is 2.19. The third-order valence-corrected chi connectivity index (χ3v) is 2.19. The van der Waals surface area contributed by atoms with Gasteiger partial charge in [0.1, 0.15) is 11.5 Å². The number of carboxylic acids is 1. The summed E-state index contributed by atoms with van der Waals surface area (Å²) >= 11 is 0. The van der Waals surface area contributed by atoms with Crippen LogP contribution in [0.25, 0.3) is 0 Å². The number of aliphatic carboxylic acids is 1. The van der Waals surface area contributed by atoms with Gasteiger partial charge in [-0.25, -0.2) is 4.79 Å². The van der Waals surface area contributed by atoms with E-state index in [4.69, 9.17) is 37.6 Å². The molecule has 2 aromatic carbocycles. The molecule has 5 N–H and O–H groups in total. The van der Waals surface area contributed by atoms with Crippen molar-refractivity contribution in [1.82, 2.24) is 0 Å². The number of rotatable bonds is 4. The lowest BCUT2D eigenvalue weighted by molar-refractivity contribution is -0.132. The third-order valence-electron chi connectivity index (χ3n) is 2.19. The summed E-state index contributed by atoms with van der Waals surface area (Å²) in [6.45, 7) is 4.35. The summed E-state index contributed by atoms with van der Waals surface area (Å²) in [5.74, 6) is 0.803. The van der Waals surface area contributed by atoms with E-state index < -0.39 is 16.4 Å². The van der Waals surface area contributed by atoms with Crippen molar-refractivity contribution < 1.29 is 42.4 Å². The summed E-state index contributed by atoms with van der Waals surface area (Å²) in [4.78, 5) is 9.60. The van der Waals surface area contributed by atoms with Crippen LogP contribution in [-0.2, 0) is 15.2 Å². The first-order valence-corrected chi connectivity index (χ1v) is 8.99. The number of ether oxygens (including phenoxy) is 1. The topological polar surface area (TPSA) is 162 Å². The van der Waals surface area contributed by atoms with Crippen molar-refractivity contribution in [1.29, 1.82) is 0 Å². The second-order valence-corrected chi connectivity index (χ2v) is 5.60. The van der Waals surface area contributed by atoms with Gasteiger partial charge in [0.25, 0.3) is 0 Å². The molecule has 28 heavy (non-hydrogen) atoms. The van der Waals surface area contributed by atoms with Crippen LogP contribution in [0.15, 0.2) is 72.8 Å². The van der Waals surface area contributed by atoms with E-state index >= 15 is 0 Å². The Kier molecular flexibility index (Phi) is 16.1. The highest BCUT2D eigenvalue weighted by Gasteiger charge is 1.92. The van der Waals surface area contributed by atoms with Gasteiger partial charge in [-0.2, -0.15) is 8.42 Å². The molecule has 0 spiro atoms. The van der Waals surface area contributed by atoms with Crippen LogP contribution in [0.4, 0.5) is 0 Å². The van der Waals surface area contributed by atoms with Crippen molar-refractivity contribution in [3.63, 3.8) is 0 Å². The van der Waals surface area contributed by atoms with Gasteiger partial charge in [0, 0.05) is 5.57 Å². The molecule has 0 radical (unpaired) electrons. The summed E-state index contributed by atoms with van der Waals surface area (Å²) in [7, 11) is -4.67. The Hall–Kier alpha value is -2.76. The average molecular weight is 416 g/mol. The highest BCUT2D eigenvalue weighted by molar-refractivity contribution is 7.79. The average Bonchev–Trinajstić information content (AvgIpc) is 2.63. The van der Waals surface area contributed by atoms with Crippen molar-refractivity contribution >= 4 is 16.4 Å². The molecule has 2 rings (SSSR count). The van der Waals surface area contributed by atoms with Crippen LogP contribution < -0.4 is 4.74 Å². The Morgan fingerprint density at radius 1 is 0.893 bits per heavy atom. The van der Waals surface area contributed by atoms with Crippen molar-refractivity contribution in [2.24, 2.45) is 0 Å². The van der Waals surface area contributed by atoms with E-state index in [-0.39, 0.29) is 18.8 Å². The standard InChI is InChI=1S/C12H10O.C4H6O2.C2H6O2.H2O4S/c1-3-7-11(8-4-1)13-12-9-5-2-6-10-12;1-3(2)4(5)6;3-1-2-4;1-5(2,3)4/h1-10H;1H2,2H3,(H,5,6);3-4H,1-2H2;(H2,1,2,3,4). The quantitative estimate of drug-likeness (QED) is 0.372. The number of hydrogen-bond donors (Lipinski definition) is 5. The molecule has 0 atom stereocenters. The van der Waals surface area contributed by atoms with Gasteiger partial charge in [-0.3, -0.25) is 9.11 Å². The van der Waals surface area contributed by atoms with Crippen LogP contribution >= 0.6 is 0 Å². The van der Waals surface area contributed by atoms with Crippen LogP contribution in [-0.4, -0.2) is 52.0 Å². The first-order valence-electron chi connectivity index (χ1n) is 7.59. The van der Waals surface area contributed by atoms with Crippen molar-refractivity contribution in [2.75, 3.05) is 13.2 Å². The first kappa shape index (κ1) is 27.5. The van der Waals surface area contributed by atoms with E-state index in [1.165, 1.54) is 6.92 Å². The Morgan fingerprint density at radius 3 is 1.32 bits per heavy atom. The molecule has 0 aromatic heterocycles. The Morgan fingerprint density at radius 2 is 1.14 bits per heavy atom. The molecule has 2 aromatic rings. The van der Waals surface area contributed by atoms with Crippen molar-refractivity contribution in [3.8, 4) is 11.5 Å². The Balaban J connectivity index is 0. The Labute approximate surface area is 163 Å². The summed E-state index contributed by atoms with van der Waals surface area (Å²) in [6.07, 6.45) is 0. The summed E-state index contributed by atoms with van der Waals surface area (Å²) < 4.78 is 37.2. The number of aliphatic hydroxyl groups excluding tert-OH is 2. The fourth-order valence-electron chi connectivity index (χ4n) is 1.11. The second kappa shape index (κ2) is 16.4. The molecule has 0 unspecified atom stereocenters. The van der Waals surface area contributed by atoms with E-state index in [0.29, 0.717) is 0 Å². The van der Waals surface area contributed by atoms with Crippen LogP contribution in [0.1, 0.15) is 6.92 Å². The summed E-state index contributed by atoms with van der Waals surface area (Å²) in [6, 6.07) is 19.5. The summed E-state index contributed by atoms with van der Waals surface area (Å²) in [5.41, 5.74) is 0.176. The number of aliphatic hydroxyl groups is 2. The van der Waals surface area contributed by atoms with Gasteiger partial charge in [0.2, 0.25) is 0 Å². The minimum atomic E-state index is -4.67. The number of para-hydroxylation sites is 2. The van der Waals surface area contributed by atoms with Crippen molar-refractivity contribution in [2.45, 2.75) is 6.92 Å². The monoisotopic (exact) mass is 416 g/mol. The fourth-order valence-corrected chi connectivity index (χ4v) is 1.11. The highest BCUT2D eigenvalue weighted by atomic mass is 32.3. The van der Waals surface area contributed by atoms with E-state index in [1.54, 1.807) is 0 Å². The molecule has 0 heterocycles. The molecule has 9 nitrogen and oxygen atoms in total. The molecular weight excluding hydrogens is 392 g/mol. The second-order valence-electron chi connectivity index (χ2n) is 4.71. The maximum absolute atomic E-state index is 9.60. The number of carboxylic acid groups (broad SMARTS) is 1. The maximum Gasteiger partial charge on any atom is 0.394 e. The predicted octanol–water partition coefficient (Wildman–Crippen LogP) is 2.44. The van der Waals surface area contributed by atoms with Gasteiger partial charge in [0.15, 0.2) is 0 Å². The van der Waals surface area contributed by atoms with Crippen LogP contribution in [0.2, 0.25) is 0 Å². The van der Waals surface area contributed by atoms with Gasteiger partial charge in [-0.1, -0.05) is 43.0 Å². The first-order chi connectivity index (χ1) is 13.0.